The van der Waals surface area contributed by atoms with E-state index in [1.54, 1.807) is 26.0 Å². The second kappa shape index (κ2) is 9.30. The predicted molar refractivity (Wildman–Crippen MR) is 102 cm³/mol. The maximum Gasteiger partial charge on any atom is 0.223 e. The third-order valence-electron chi connectivity index (χ3n) is 4.20. The number of nitrogens with one attached hydrogen (secondary N) is 2. The minimum atomic E-state index is -0.0106. The summed E-state index contributed by atoms with van der Waals surface area (Å²) in [6.45, 7) is 7.92. The van der Waals surface area contributed by atoms with Crippen LogP contribution in [0.4, 0.5) is 0 Å². The fourth-order valence-corrected chi connectivity index (χ4v) is 2.33. The number of aliphatic imine (C=N–C) groups is 1. The molecule has 0 fully saturated rings. The molecule has 2 N–H and O–H groups in total. The Hall–Kier alpha value is -2.04. The summed E-state index contributed by atoms with van der Waals surface area (Å²) in [4.78, 5) is 17.4. The second-order valence-corrected chi connectivity index (χ2v) is 6.83. The monoisotopic (exact) mass is 332 g/mol. The van der Waals surface area contributed by atoms with Gasteiger partial charge in [-0.25, -0.2) is 0 Å². The standard InChI is InChI=1S/C19H32N4O/c1-7-15-8-10-16(11-9-15)19(2,3)14-22-18(20-4)21-13-12-17(24)23(5)6/h8-11H,7,12-14H2,1-6H3,(H2,20,21,22). The second-order valence-electron chi connectivity index (χ2n) is 6.83. The van der Waals surface area contributed by atoms with Crippen molar-refractivity contribution in [2.75, 3.05) is 34.2 Å². The van der Waals surface area contributed by atoms with Crippen molar-refractivity contribution < 1.29 is 4.79 Å². The highest BCUT2D eigenvalue weighted by atomic mass is 16.2. The molecule has 1 rings (SSSR count). The van der Waals surface area contributed by atoms with Gasteiger partial charge in [-0.1, -0.05) is 45.0 Å². The Morgan fingerprint density at radius 3 is 2.29 bits per heavy atom. The van der Waals surface area contributed by atoms with Gasteiger partial charge in [0.25, 0.3) is 0 Å². The molecule has 24 heavy (non-hydrogen) atoms. The van der Waals surface area contributed by atoms with E-state index in [0.717, 1.165) is 18.9 Å². The molecule has 0 atom stereocenters. The van der Waals surface area contributed by atoms with Gasteiger partial charge < -0.3 is 15.5 Å². The summed E-state index contributed by atoms with van der Waals surface area (Å²) in [6, 6.07) is 8.78. The maximum absolute atomic E-state index is 11.6. The molecule has 5 heteroatoms. The van der Waals surface area contributed by atoms with E-state index >= 15 is 0 Å². The zero-order chi connectivity index (χ0) is 18.2. The molecule has 0 bridgehead atoms. The summed E-state index contributed by atoms with van der Waals surface area (Å²) in [6.07, 6.45) is 1.51. The minimum absolute atomic E-state index is 0.0106. The Balaban J connectivity index is 2.52. The molecule has 0 heterocycles. The zero-order valence-electron chi connectivity index (χ0n) is 15.9. The van der Waals surface area contributed by atoms with Gasteiger partial charge in [-0.3, -0.25) is 9.79 Å². The van der Waals surface area contributed by atoms with Gasteiger partial charge >= 0.3 is 0 Å². The number of hydrogen-bond acceptors (Lipinski definition) is 2. The van der Waals surface area contributed by atoms with Crippen molar-refractivity contribution in [3.63, 3.8) is 0 Å². The van der Waals surface area contributed by atoms with Gasteiger partial charge in [0.2, 0.25) is 5.91 Å². The van der Waals surface area contributed by atoms with E-state index in [1.165, 1.54) is 11.1 Å². The first kappa shape index (κ1) is 20.0. The first-order valence-electron chi connectivity index (χ1n) is 8.54. The van der Waals surface area contributed by atoms with Crippen molar-refractivity contribution in [3.8, 4) is 0 Å². The van der Waals surface area contributed by atoms with E-state index in [4.69, 9.17) is 0 Å². The quantitative estimate of drug-likeness (QED) is 0.594. The van der Waals surface area contributed by atoms with E-state index in [9.17, 15) is 4.79 Å². The van der Waals surface area contributed by atoms with Gasteiger partial charge in [0.1, 0.15) is 0 Å². The Bertz CT molecular complexity index is 547. The lowest BCUT2D eigenvalue weighted by Gasteiger charge is -2.27. The van der Waals surface area contributed by atoms with Crippen LogP contribution in [-0.2, 0) is 16.6 Å². The van der Waals surface area contributed by atoms with Crippen LogP contribution in [0.2, 0.25) is 0 Å². The molecule has 0 saturated carbocycles. The molecule has 1 aromatic rings. The van der Waals surface area contributed by atoms with Crippen molar-refractivity contribution >= 4 is 11.9 Å². The third-order valence-corrected chi connectivity index (χ3v) is 4.20. The van der Waals surface area contributed by atoms with Gasteiger partial charge in [0.15, 0.2) is 5.96 Å². The lowest BCUT2D eigenvalue weighted by molar-refractivity contribution is -0.128. The number of guanidine groups is 1. The summed E-state index contributed by atoms with van der Waals surface area (Å²) in [5.74, 6) is 0.828. The molecule has 0 unspecified atom stereocenters. The van der Waals surface area contributed by atoms with Crippen molar-refractivity contribution in [2.45, 2.75) is 39.0 Å². The van der Waals surface area contributed by atoms with Crippen LogP contribution in [-0.4, -0.2) is 51.0 Å². The molecule has 1 amide bonds. The van der Waals surface area contributed by atoms with Crippen molar-refractivity contribution in [3.05, 3.63) is 35.4 Å². The highest BCUT2D eigenvalue weighted by molar-refractivity contribution is 5.81. The number of rotatable bonds is 7. The van der Waals surface area contributed by atoms with Crippen LogP contribution in [0.1, 0.15) is 38.3 Å². The zero-order valence-corrected chi connectivity index (χ0v) is 15.9. The van der Waals surface area contributed by atoms with Crippen LogP contribution < -0.4 is 10.6 Å². The topological polar surface area (TPSA) is 56.7 Å². The summed E-state index contributed by atoms with van der Waals surface area (Å²) < 4.78 is 0. The van der Waals surface area contributed by atoms with Crippen LogP contribution in [0, 0.1) is 0 Å². The average molecular weight is 332 g/mol. The lowest BCUT2D eigenvalue weighted by Crippen LogP contribution is -2.44. The van der Waals surface area contributed by atoms with Crippen molar-refractivity contribution in [1.29, 1.82) is 0 Å². The SMILES string of the molecule is CCc1ccc(C(C)(C)CNC(=NC)NCCC(=O)N(C)C)cc1. The first-order valence-corrected chi connectivity index (χ1v) is 8.54. The number of carbonyl (C=O) groups is 1. The van der Waals surface area contributed by atoms with Crippen LogP contribution in [0.15, 0.2) is 29.3 Å². The number of carbonyl (C=O) groups excluding carboxylic acids is 1. The Labute approximate surface area is 146 Å². The molecular weight excluding hydrogens is 300 g/mol. The smallest absolute Gasteiger partial charge is 0.223 e. The van der Waals surface area contributed by atoms with E-state index in [2.05, 4.69) is 60.7 Å². The van der Waals surface area contributed by atoms with Crippen LogP contribution in [0.3, 0.4) is 0 Å². The van der Waals surface area contributed by atoms with E-state index in [1.807, 2.05) is 0 Å². The number of aryl methyl sites for hydroxylation is 1. The van der Waals surface area contributed by atoms with Crippen LogP contribution in [0.25, 0.3) is 0 Å². The van der Waals surface area contributed by atoms with E-state index in [-0.39, 0.29) is 11.3 Å². The molecule has 134 valence electrons. The number of hydrogen-bond donors (Lipinski definition) is 2. The van der Waals surface area contributed by atoms with Gasteiger partial charge in [-0.15, -0.1) is 0 Å². The first-order chi connectivity index (χ1) is 11.3. The molecule has 0 aromatic heterocycles. The Morgan fingerprint density at radius 1 is 1.17 bits per heavy atom. The van der Waals surface area contributed by atoms with Crippen molar-refractivity contribution in [2.24, 2.45) is 4.99 Å². The van der Waals surface area contributed by atoms with Gasteiger partial charge in [0, 0.05) is 46.1 Å². The molecule has 5 nitrogen and oxygen atoms in total. The number of amides is 1. The van der Waals surface area contributed by atoms with E-state index in [0.29, 0.717) is 13.0 Å². The van der Waals surface area contributed by atoms with Crippen LogP contribution >= 0.6 is 0 Å². The van der Waals surface area contributed by atoms with E-state index < -0.39 is 0 Å². The number of benzene rings is 1. The minimum Gasteiger partial charge on any atom is -0.356 e. The molecule has 0 saturated heterocycles. The molecule has 0 spiro atoms. The average Bonchev–Trinajstić information content (AvgIpc) is 2.57. The summed E-state index contributed by atoms with van der Waals surface area (Å²) in [5.41, 5.74) is 2.64. The highest BCUT2D eigenvalue weighted by Crippen LogP contribution is 2.22. The lowest BCUT2D eigenvalue weighted by atomic mass is 9.84. The van der Waals surface area contributed by atoms with Crippen LogP contribution in [0.5, 0.6) is 0 Å². The number of nitrogens with zero attached hydrogens (tertiary/aromatic N) is 2. The van der Waals surface area contributed by atoms with Gasteiger partial charge in [-0.05, 0) is 17.5 Å². The largest absolute Gasteiger partial charge is 0.356 e. The normalized spacial score (nSPS) is 12.0. The molecule has 0 aliphatic rings. The molecule has 0 aliphatic carbocycles. The summed E-state index contributed by atoms with van der Waals surface area (Å²) in [5, 5.41) is 6.54. The molecular formula is C19H32N4O. The van der Waals surface area contributed by atoms with Gasteiger partial charge in [-0.2, -0.15) is 0 Å². The maximum atomic E-state index is 11.6. The van der Waals surface area contributed by atoms with Gasteiger partial charge in [0.05, 0.1) is 0 Å². The Kier molecular flexibility index (Phi) is 7.75. The third kappa shape index (κ3) is 6.22. The van der Waals surface area contributed by atoms with Crippen molar-refractivity contribution in [1.82, 2.24) is 15.5 Å². The Morgan fingerprint density at radius 2 is 1.79 bits per heavy atom. The highest BCUT2D eigenvalue weighted by Gasteiger charge is 2.20. The summed E-state index contributed by atoms with van der Waals surface area (Å²) in [7, 11) is 5.27. The summed E-state index contributed by atoms with van der Waals surface area (Å²) >= 11 is 0. The molecule has 0 aliphatic heterocycles. The fraction of sp³-hybridized carbons (Fsp3) is 0.579. The predicted octanol–water partition coefficient (Wildman–Crippen LogP) is 2.17. The molecule has 1 aromatic carbocycles. The fourth-order valence-electron chi connectivity index (χ4n) is 2.33. The molecule has 0 radical (unpaired) electrons.